The standard InChI is InChI=1S/C19H19Cl2N5/c1-19(2,3)26-18-23-15(12-6-5-9-22-11-12)10-16(25-18)24-17-13(20)7-4-8-14(17)21/h4-11H,1-3H3,(H2,23,24,25,26). The molecule has 0 fully saturated rings. The van der Waals surface area contributed by atoms with Crippen LogP contribution in [0.15, 0.2) is 48.8 Å². The third-order valence-electron chi connectivity index (χ3n) is 3.39. The summed E-state index contributed by atoms with van der Waals surface area (Å²) in [6, 6.07) is 11.0. The van der Waals surface area contributed by atoms with Gasteiger partial charge in [0.1, 0.15) is 5.82 Å². The van der Waals surface area contributed by atoms with Gasteiger partial charge in [-0.15, -0.1) is 0 Å². The molecule has 0 aliphatic carbocycles. The molecular formula is C19H19Cl2N5. The van der Waals surface area contributed by atoms with E-state index in [0.717, 1.165) is 11.3 Å². The van der Waals surface area contributed by atoms with Crippen LogP contribution >= 0.6 is 23.2 Å². The Hall–Kier alpha value is -2.37. The normalized spacial score (nSPS) is 11.3. The maximum Gasteiger partial charge on any atom is 0.225 e. The molecule has 0 aliphatic heterocycles. The highest BCUT2D eigenvalue weighted by Crippen LogP contribution is 2.33. The van der Waals surface area contributed by atoms with E-state index in [2.05, 4.69) is 25.6 Å². The molecule has 0 unspecified atom stereocenters. The minimum absolute atomic E-state index is 0.188. The van der Waals surface area contributed by atoms with E-state index >= 15 is 0 Å². The van der Waals surface area contributed by atoms with Crippen molar-refractivity contribution < 1.29 is 0 Å². The Balaban J connectivity index is 2.05. The van der Waals surface area contributed by atoms with Gasteiger partial charge in [0.15, 0.2) is 0 Å². The molecule has 0 atom stereocenters. The predicted octanol–water partition coefficient (Wildman–Crippen LogP) is 5.80. The van der Waals surface area contributed by atoms with Crippen LogP contribution in [0, 0.1) is 0 Å². The van der Waals surface area contributed by atoms with Crippen molar-refractivity contribution in [3.63, 3.8) is 0 Å². The molecular weight excluding hydrogens is 369 g/mol. The Morgan fingerprint density at radius 3 is 2.31 bits per heavy atom. The summed E-state index contributed by atoms with van der Waals surface area (Å²) in [5.41, 5.74) is 2.05. The van der Waals surface area contributed by atoms with Gasteiger partial charge in [0.25, 0.3) is 0 Å². The molecule has 2 aromatic heterocycles. The second-order valence-corrected chi connectivity index (χ2v) is 7.61. The van der Waals surface area contributed by atoms with Crippen LogP contribution in [-0.2, 0) is 0 Å². The van der Waals surface area contributed by atoms with Gasteiger partial charge in [-0.1, -0.05) is 29.3 Å². The lowest BCUT2D eigenvalue weighted by atomic mass is 10.1. The van der Waals surface area contributed by atoms with Crippen LogP contribution in [0.3, 0.4) is 0 Å². The first-order chi connectivity index (χ1) is 12.3. The topological polar surface area (TPSA) is 62.7 Å². The molecule has 0 aliphatic rings. The Kier molecular flexibility index (Phi) is 5.30. The SMILES string of the molecule is CC(C)(C)Nc1nc(Nc2c(Cl)cccc2Cl)cc(-c2cccnc2)n1. The molecule has 2 N–H and O–H groups in total. The summed E-state index contributed by atoms with van der Waals surface area (Å²) in [4.78, 5) is 13.3. The third-order valence-corrected chi connectivity index (χ3v) is 4.02. The number of hydrogen-bond donors (Lipinski definition) is 2. The average molecular weight is 388 g/mol. The van der Waals surface area contributed by atoms with E-state index in [1.54, 1.807) is 30.6 Å². The van der Waals surface area contributed by atoms with Crippen molar-refractivity contribution in [2.45, 2.75) is 26.3 Å². The predicted molar refractivity (Wildman–Crippen MR) is 108 cm³/mol. The minimum atomic E-state index is -0.188. The van der Waals surface area contributed by atoms with E-state index in [1.165, 1.54) is 0 Å². The number of aromatic nitrogens is 3. The number of para-hydroxylation sites is 1. The molecule has 0 saturated carbocycles. The first kappa shape index (κ1) is 18.4. The monoisotopic (exact) mass is 387 g/mol. The van der Waals surface area contributed by atoms with Crippen molar-refractivity contribution in [2.24, 2.45) is 0 Å². The number of halogens is 2. The van der Waals surface area contributed by atoms with E-state index < -0.39 is 0 Å². The van der Waals surface area contributed by atoms with Gasteiger partial charge in [0, 0.05) is 29.6 Å². The Bertz CT molecular complexity index is 887. The second kappa shape index (κ2) is 7.48. The molecule has 2 heterocycles. The molecule has 3 rings (SSSR count). The molecule has 134 valence electrons. The molecule has 3 aromatic rings. The number of hydrogen-bond acceptors (Lipinski definition) is 5. The van der Waals surface area contributed by atoms with Gasteiger partial charge >= 0.3 is 0 Å². The van der Waals surface area contributed by atoms with Gasteiger partial charge in [0.05, 0.1) is 21.4 Å². The summed E-state index contributed by atoms with van der Waals surface area (Å²) in [7, 11) is 0. The molecule has 5 nitrogen and oxygen atoms in total. The Morgan fingerprint density at radius 1 is 0.962 bits per heavy atom. The fourth-order valence-corrected chi connectivity index (χ4v) is 2.80. The van der Waals surface area contributed by atoms with Gasteiger partial charge in [-0.3, -0.25) is 4.98 Å². The zero-order valence-electron chi connectivity index (χ0n) is 14.7. The third kappa shape index (κ3) is 4.62. The molecule has 0 radical (unpaired) electrons. The van der Waals surface area contributed by atoms with Crippen molar-refractivity contribution in [1.82, 2.24) is 15.0 Å². The first-order valence-corrected chi connectivity index (χ1v) is 8.86. The highest BCUT2D eigenvalue weighted by molar-refractivity contribution is 6.39. The van der Waals surface area contributed by atoms with Crippen LogP contribution in [0.2, 0.25) is 10.0 Å². The maximum absolute atomic E-state index is 6.27. The van der Waals surface area contributed by atoms with Crippen molar-refractivity contribution in [2.75, 3.05) is 10.6 Å². The first-order valence-electron chi connectivity index (χ1n) is 8.10. The van der Waals surface area contributed by atoms with E-state index in [9.17, 15) is 0 Å². The van der Waals surface area contributed by atoms with Gasteiger partial charge in [-0.2, -0.15) is 4.98 Å². The summed E-state index contributed by atoms with van der Waals surface area (Å²) in [5.74, 6) is 1.09. The van der Waals surface area contributed by atoms with E-state index in [4.69, 9.17) is 23.2 Å². The maximum atomic E-state index is 6.27. The molecule has 0 spiro atoms. The average Bonchev–Trinajstić information content (AvgIpc) is 2.57. The van der Waals surface area contributed by atoms with Crippen LogP contribution in [0.5, 0.6) is 0 Å². The number of pyridine rings is 1. The van der Waals surface area contributed by atoms with Crippen LogP contribution in [0.25, 0.3) is 11.3 Å². The van der Waals surface area contributed by atoms with Crippen LogP contribution < -0.4 is 10.6 Å². The molecule has 0 saturated heterocycles. The number of benzene rings is 1. The fraction of sp³-hybridized carbons (Fsp3) is 0.211. The summed E-state index contributed by atoms with van der Waals surface area (Å²) in [5, 5.41) is 7.54. The number of anilines is 3. The summed E-state index contributed by atoms with van der Waals surface area (Å²) in [6.07, 6.45) is 3.48. The highest BCUT2D eigenvalue weighted by atomic mass is 35.5. The quantitative estimate of drug-likeness (QED) is 0.592. The molecule has 0 amide bonds. The smallest absolute Gasteiger partial charge is 0.225 e. The van der Waals surface area contributed by atoms with Crippen LogP contribution in [0.1, 0.15) is 20.8 Å². The van der Waals surface area contributed by atoms with Crippen molar-refractivity contribution in [3.05, 3.63) is 58.8 Å². The molecule has 7 heteroatoms. The Morgan fingerprint density at radius 2 is 1.69 bits per heavy atom. The van der Waals surface area contributed by atoms with Gasteiger partial charge < -0.3 is 10.6 Å². The van der Waals surface area contributed by atoms with Crippen LogP contribution in [-0.4, -0.2) is 20.5 Å². The van der Waals surface area contributed by atoms with Crippen molar-refractivity contribution in [1.29, 1.82) is 0 Å². The summed E-state index contributed by atoms with van der Waals surface area (Å²) >= 11 is 12.5. The van der Waals surface area contributed by atoms with Crippen molar-refractivity contribution >= 4 is 40.7 Å². The van der Waals surface area contributed by atoms with E-state index in [0.29, 0.717) is 27.5 Å². The lowest BCUT2D eigenvalue weighted by Crippen LogP contribution is -2.27. The molecule has 26 heavy (non-hydrogen) atoms. The number of rotatable bonds is 4. The summed E-state index contributed by atoms with van der Waals surface area (Å²) < 4.78 is 0. The number of nitrogens with one attached hydrogen (secondary N) is 2. The minimum Gasteiger partial charge on any atom is -0.350 e. The zero-order chi connectivity index (χ0) is 18.7. The summed E-state index contributed by atoms with van der Waals surface area (Å²) in [6.45, 7) is 6.14. The zero-order valence-corrected chi connectivity index (χ0v) is 16.2. The molecule has 1 aromatic carbocycles. The Labute approximate surface area is 162 Å². The fourth-order valence-electron chi connectivity index (χ4n) is 2.31. The van der Waals surface area contributed by atoms with E-state index in [-0.39, 0.29) is 5.54 Å². The molecule has 0 bridgehead atoms. The lowest BCUT2D eigenvalue weighted by Gasteiger charge is -2.21. The largest absolute Gasteiger partial charge is 0.350 e. The lowest BCUT2D eigenvalue weighted by molar-refractivity contribution is 0.626. The van der Waals surface area contributed by atoms with Gasteiger partial charge in [0.2, 0.25) is 5.95 Å². The second-order valence-electron chi connectivity index (χ2n) is 6.80. The van der Waals surface area contributed by atoms with Crippen LogP contribution in [0.4, 0.5) is 17.5 Å². The van der Waals surface area contributed by atoms with Crippen molar-refractivity contribution in [3.8, 4) is 11.3 Å². The van der Waals surface area contributed by atoms with Gasteiger partial charge in [-0.25, -0.2) is 4.98 Å². The highest BCUT2D eigenvalue weighted by Gasteiger charge is 2.15. The van der Waals surface area contributed by atoms with E-state index in [1.807, 2.05) is 39.0 Å². The van der Waals surface area contributed by atoms with Gasteiger partial charge in [-0.05, 0) is 45.0 Å². The number of nitrogens with zero attached hydrogens (tertiary/aromatic N) is 3.